The van der Waals surface area contributed by atoms with Gasteiger partial charge in [0.25, 0.3) is 0 Å². The zero-order chi connectivity index (χ0) is 12.1. The summed E-state index contributed by atoms with van der Waals surface area (Å²) in [5.41, 5.74) is -0.794. The molecule has 0 unspecified atom stereocenters. The van der Waals surface area contributed by atoms with Crippen LogP contribution in [0.2, 0.25) is 0 Å². The lowest BCUT2D eigenvalue weighted by atomic mass is 10.1. The first-order valence-corrected chi connectivity index (χ1v) is 4.34. The first kappa shape index (κ1) is 13.9. The predicted octanol–water partition coefficient (Wildman–Crippen LogP) is 2.39. The average Bonchev–Trinajstić information content (AvgIpc) is 2.09. The second kappa shape index (κ2) is 5.70. The fourth-order valence-electron chi connectivity index (χ4n) is 0.890. The molecule has 15 heavy (non-hydrogen) atoms. The van der Waals surface area contributed by atoms with Gasteiger partial charge in [-0.05, 0) is 19.8 Å². The summed E-state index contributed by atoms with van der Waals surface area (Å²) in [4.78, 5) is 10.6. The number of hydrogen-bond donors (Lipinski definition) is 1. The third kappa shape index (κ3) is 5.37. The molecule has 2 nitrogen and oxygen atoms in total. The van der Waals surface area contributed by atoms with Gasteiger partial charge in [-0.15, -0.1) is 6.58 Å². The molecule has 0 aromatic carbocycles. The van der Waals surface area contributed by atoms with Crippen LogP contribution < -0.4 is 0 Å². The Labute approximate surface area is 86.1 Å². The Morgan fingerprint density at radius 1 is 1.53 bits per heavy atom. The maximum Gasteiger partial charge on any atom is 0.412 e. The Morgan fingerprint density at radius 3 is 2.40 bits per heavy atom. The smallest absolute Gasteiger partial charge is 0.385 e. The van der Waals surface area contributed by atoms with Crippen molar-refractivity contribution in [3.8, 4) is 0 Å². The summed E-state index contributed by atoms with van der Waals surface area (Å²) in [7, 11) is 0. The molecule has 5 heteroatoms. The zero-order valence-corrected chi connectivity index (χ0v) is 8.34. The minimum Gasteiger partial charge on any atom is -0.385 e. The number of aliphatic hydroxyl groups excluding tert-OH is 1. The molecular formula is C10H13F3O2. The first-order chi connectivity index (χ1) is 6.79. The van der Waals surface area contributed by atoms with E-state index >= 15 is 0 Å². The summed E-state index contributed by atoms with van der Waals surface area (Å²) in [6, 6.07) is 0. The lowest BCUT2D eigenvalue weighted by Gasteiger charge is -2.10. The summed E-state index contributed by atoms with van der Waals surface area (Å²) in [6.07, 6.45) is -4.50. The maximum absolute atomic E-state index is 12.3. The number of carbonyl (C=O) groups is 1. The van der Waals surface area contributed by atoms with E-state index in [1.807, 2.05) is 0 Å². The SMILES string of the molecule is C=CC/C(=C\C[C@@H](O)C(C)=O)C(F)(F)F. The van der Waals surface area contributed by atoms with Crippen molar-refractivity contribution in [2.45, 2.75) is 32.0 Å². The molecule has 0 aliphatic carbocycles. The molecule has 0 bridgehead atoms. The second-order valence-corrected chi connectivity index (χ2v) is 3.08. The van der Waals surface area contributed by atoms with E-state index in [1.54, 1.807) is 0 Å². The average molecular weight is 222 g/mol. The van der Waals surface area contributed by atoms with Crippen molar-refractivity contribution in [1.29, 1.82) is 0 Å². The maximum atomic E-state index is 12.3. The highest BCUT2D eigenvalue weighted by molar-refractivity contribution is 5.80. The lowest BCUT2D eigenvalue weighted by Crippen LogP contribution is -2.17. The van der Waals surface area contributed by atoms with E-state index in [-0.39, 0.29) is 12.8 Å². The third-order valence-corrected chi connectivity index (χ3v) is 1.79. The highest BCUT2D eigenvalue weighted by Gasteiger charge is 2.32. The van der Waals surface area contributed by atoms with Gasteiger partial charge in [-0.25, -0.2) is 0 Å². The van der Waals surface area contributed by atoms with Crippen LogP contribution in [0.25, 0.3) is 0 Å². The molecule has 1 N–H and O–H groups in total. The Bertz CT molecular complexity index is 266. The van der Waals surface area contributed by atoms with Gasteiger partial charge in [0.05, 0.1) is 0 Å². The van der Waals surface area contributed by atoms with Crippen LogP contribution in [0.1, 0.15) is 19.8 Å². The van der Waals surface area contributed by atoms with Gasteiger partial charge < -0.3 is 5.11 Å². The van der Waals surface area contributed by atoms with Crippen molar-refractivity contribution in [2.75, 3.05) is 0 Å². The van der Waals surface area contributed by atoms with Crippen molar-refractivity contribution in [2.24, 2.45) is 0 Å². The monoisotopic (exact) mass is 222 g/mol. The first-order valence-electron chi connectivity index (χ1n) is 4.34. The Balaban J connectivity index is 4.56. The van der Waals surface area contributed by atoms with Crippen molar-refractivity contribution in [1.82, 2.24) is 0 Å². The molecule has 86 valence electrons. The Hall–Kier alpha value is -1.10. The third-order valence-electron chi connectivity index (χ3n) is 1.79. The van der Waals surface area contributed by atoms with E-state index in [0.717, 1.165) is 19.1 Å². The fourth-order valence-corrected chi connectivity index (χ4v) is 0.890. The summed E-state index contributed by atoms with van der Waals surface area (Å²) in [5, 5.41) is 9.02. The molecule has 0 saturated carbocycles. The van der Waals surface area contributed by atoms with E-state index in [1.165, 1.54) is 0 Å². The summed E-state index contributed by atoms with van der Waals surface area (Å²) < 4.78 is 36.8. The van der Waals surface area contributed by atoms with Gasteiger partial charge in [-0.3, -0.25) is 4.79 Å². The second-order valence-electron chi connectivity index (χ2n) is 3.08. The van der Waals surface area contributed by atoms with E-state index in [2.05, 4.69) is 6.58 Å². The largest absolute Gasteiger partial charge is 0.412 e. The van der Waals surface area contributed by atoms with Crippen LogP contribution in [0.5, 0.6) is 0 Å². The number of hydrogen-bond acceptors (Lipinski definition) is 2. The molecule has 0 amide bonds. The van der Waals surface area contributed by atoms with Crippen molar-refractivity contribution in [3.05, 3.63) is 24.3 Å². The van der Waals surface area contributed by atoms with Crippen molar-refractivity contribution >= 4 is 5.78 Å². The van der Waals surface area contributed by atoms with Crippen molar-refractivity contribution < 1.29 is 23.1 Å². The zero-order valence-electron chi connectivity index (χ0n) is 8.34. The van der Waals surface area contributed by atoms with Gasteiger partial charge in [0.1, 0.15) is 6.10 Å². The van der Waals surface area contributed by atoms with Crippen LogP contribution in [0.15, 0.2) is 24.3 Å². The molecule has 1 atom stereocenters. The van der Waals surface area contributed by atoms with E-state index in [4.69, 9.17) is 5.11 Å². The number of Topliss-reactive ketones (excluding diaryl/α,β-unsaturated/α-hetero) is 1. The molecule has 0 saturated heterocycles. The predicted molar refractivity (Wildman–Crippen MR) is 50.3 cm³/mol. The summed E-state index contributed by atoms with van der Waals surface area (Å²) >= 11 is 0. The molecule has 0 fully saturated rings. The minimum absolute atomic E-state index is 0.321. The van der Waals surface area contributed by atoms with Gasteiger partial charge in [0, 0.05) is 5.57 Å². The highest BCUT2D eigenvalue weighted by atomic mass is 19.4. The number of alkyl halides is 3. The number of allylic oxidation sites excluding steroid dienone is 2. The quantitative estimate of drug-likeness (QED) is 0.725. The Morgan fingerprint density at radius 2 is 2.07 bits per heavy atom. The standard InChI is InChI=1S/C10H13F3O2/c1-3-4-8(10(11,12)13)5-6-9(15)7(2)14/h3,5,9,15H,1,4,6H2,2H3/b8-5+/t9-/m1/s1. The van der Waals surface area contributed by atoms with E-state index < -0.39 is 23.6 Å². The molecule has 0 aliphatic rings. The number of aliphatic hydroxyl groups is 1. The Kier molecular flexibility index (Phi) is 5.28. The topological polar surface area (TPSA) is 37.3 Å². The minimum atomic E-state index is -4.44. The number of carbonyl (C=O) groups excluding carboxylic acids is 1. The molecule has 0 spiro atoms. The molecule has 0 aliphatic heterocycles. The van der Waals surface area contributed by atoms with Crippen LogP contribution in [-0.2, 0) is 4.79 Å². The lowest BCUT2D eigenvalue weighted by molar-refractivity contribution is -0.124. The van der Waals surface area contributed by atoms with E-state index in [9.17, 15) is 18.0 Å². The van der Waals surface area contributed by atoms with Gasteiger partial charge in [0.2, 0.25) is 0 Å². The van der Waals surface area contributed by atoms with Gasteiger partial charge in [-0.2, -0.15) is 13.2 Å². The van der Waals surface area contributed by atoms with Crippen LogP contribution in [0, 0.1) is 0 Å². The van der Waals surface area contributed by atoms with Gasteiger partial charge in [0.15, 0.2) is 5.78 Å². The van der Waals surface area contributed by atoms with Gasteiger partial charge in [-0.1, -0.05) is 12.2 Å². The van der Waals surface area contributed by atoms with E-state index in [0.29, 0.717) is 0 Å². The van der Waals surface area contributed by atoms with Crippen molar-refractivity contribution in [3.63, 3.8) is 0 Å². The molecule has 0 aromatic heterocycles. The normalized spacial score (nSPS) is 14.9. The van der Waals surface area contributed by atoms with Crippen LogP contribution in [0.4, 0.5) is 13.2 Å². The van der Waals surface area contributed by atoms with Crippen LogP contribution in [0.3, 0.4) is 0 Å². The summed E-state index contributed by atoms with van der Waals surface area (Å²) in [6.45, 7) is 4.33. The number of halogens is 3. The molecular weight excluding hydrogens is 209 g/mol. The molecule has 0 rings (SSSR count). The molecule has 0 heterocycles. The number of ketones is 1. The molecule has 0 radical (unpaired) electrons. The molecule has 0 aromatic rings. The summed E-state index contributed by atoms with van der Waals surface area (Å²) in [5.74, 6) is -0.550. The van der Waals surface area contributed by atoms with Gasteiger partial charge >= 0.3 is 6.18 Å². The van der Waals surface area contributed by atoms with Crippen LogP contribution in [-0.4, -0.2) is 23.2 Å². The number of rotatable bonds is 5. The van der Waals surface area contributed by atoms with Crippen LogP contribution >= 0.6 is 0 Å². The highest BCUT2D eigenvalue weighted by Crippen LogP contribution is 2.28. The fraction of sp³-hybridized carbons (Fsp3) is 0.500.